The lowest BCUT2D eigenvalue weighted by atomic mass is 10.2. The van der Waals surface area contributed by atoms with Gasteiger partial charge in [-0.05, 0) is 24.3 Å². The van der Waals surface area contributed by atoms with Gasteiger partial charge >= 0.3 is 0 Å². The number of hydrogen-bond acceptors (Lipinski definition) is 2. The molecule has 0 saturated heterocycles. The van der Waals surface area contributed by atoms with Gasteiger partial charge in [0.15, 0.2) is 0 Å². The summed E-state index contributed by atoms with van der Waals surface area (Å²) in [4.78, 5) is 0. The van der Waals surface area contributed by atoms with E-state index < -0.39 is 11.6 Å². The number of hydrogen-bond donors (Lipinski definition) is 1. The van der Waals surface area contributed by atoms with E-state index in [1.165, 1.54) is 19.2 Å². The monoisotopic (exact) mass is 235 g/mol. The van der Waals surface area contributed by atoms with E-state index in [1.54, 1.807) is 18.2 Å². The third-order valence-electron chi connectivity index (χ3n) is 2.31. The Morgan fingerprint density at radius 3 is 2.47 bits per heavy atom. The van der Waals surface area contributed by atoms with Crippen LogP contribution in [0.25, 0.3) is 0 Å². The Hall–Kier alpha value is -2.10. The van der Waals surface area contributed by atoms with Crippen molar-refractivity contribution in [2.45, 2.75) is 0 Å². The first-order valence-corrected chi connectivity index (χ1v) is 5.06. The summed E-state index contributed by atoms with van der Waals surface area (Å²) in [6.45, 7) is 0. The number of methoxy groups -OCH3 is 1. The van der Waals surface area contributed by atoms with Gasteiger partial charge in [-0.15, -0.1) is 0 Å². The molecule has 88 valence electrons. The minimum atomic E-state index is -0.643. The Morgan fingerprint density at radius 1 is 1.00 bits per heavy atom. The molecule has 0 radical (unpaired) electrons. The predicted octanol–water partition coefficient (Wildman–Crippen LogP) is 3.72. The Morgan fingerprint density at radius 2 is 1.76 bits per heavy atom. The highest BCUT2D eigenvalue weighted by atomic mass is 19.1. The highest BCUT2D eigenvalue weighted by molar-refractivity contribution is 5.66. The quantitative estimate of drug-likeness (QED) is 0.875. The summed E-state index contributed by atoms with van der Waals surface area (Å²) in [5.41, 5.74) is 0.830. The molecule has 0 saturated carbocycles. The average molecular weight is 235 g/mol. The Labute approximate surface area is 97.8 Å². The van der Waals surface area contributed by atoms with Crippen molar-refractivity contribution >= 4 is 11.4 Å². The van der Waals surface area contributed by atoms with Crippen molar-refractivity contribution in [2.24, 2.45) is 0 Å². The summed E-state index contributed by atoms with van der Waals surface area (Å²) in [6.07, 6.45) is 0. The molecule has 0 aliphatic heterocycles. The first-order chi connectivity index (χ1) is 8.20. The second kappa shape index (κ2) is 4.82. The third kappa shape index (κ3) is 2.53. The number of ether oxygens (including phenoxy) is 1. The van der Waals surface area contributed by atoms with Crippen LogP contribution >= 0.6 is 0 Å². The lowest BCUT2D eigenvalue weighted by Crippen LogP contribution is -1.97. The second-order valence-electron chi connectivity index (χ2n) is 3.45. The van der Waals surface area contributed by atoms with Gasteiger partial charge in [-0.2, -0.15) is 0 Å². The Kier molecular flexibility index (Phi) is 3.23. The van der Waals surface area contributed by atoms with E-state index in [2.05, 4.69) is 5.32 Å². The summed E-state index contributed by atoms with van der Waals surface area (Å²) in [5, 5.41) is 2.85. The van der Waals surface area contributed by atoms with Crippen molar-refractivity contribution in [3.8, 4) is 5.75 Å². The topological polar surface area (TPSA) is 21.3 Å². The third-order valence-corrected chi connectivity index (χ3v) is 2.31. The van der Waals surface area contributed by atoms with Crippen LogP contribution in [0.5, 0.6) is 5.75 Å². The van der Waals surface area contributed by atoms with E-state index in [4.69, 9.17) is 4.74 Å². The lowest BCUT2D eigenvalue weighted by Gasteiger charge is -2.11. The number of benzene rings is 2. The Balaban J connectivity index is 2.31. The van der Waals surface area contributed by atoms with Crippen LogP contribution in [-0.4, -0.2) is 7.11 Å². The summed E-state index contributed by atoms with van der Waals surface area (Å²) in [6, 6.07) is 10.5. The van der Waals surface area contributed by atoms with Gasteiger partial charge in [0.25, 0.3) is 0 Å². The van der Waals surface area contributed by atoms with Crippen LogP contribution in [0.2, 0.25) is 0 Å². The molecule has 0 spiro atoms. The number of rotatable bonds is 3. The highest BCUT2D eigenvalue weighted by Crippen LogP contribution is 2.28. The Bertz CT molecular complexity index is 529. The van der Waals surface area contributed by atoms with Crippen molar-refractivity contribution in [3.63, 3.8) is 0 Å². The molecule has 1 N–H and O–H groups in total. The van der Waals surface area contributed by atoms with Crippen LogP contribution in [0.3, 0.4) is 0 Å². The zero-order valence-electron chi connectivity index (χ0n) is 9.21. The summed E-state index contributed by atoms with van der Waals surface area (Å²) < 4.78 is 31.3. The maximum Gasteiger partial charge on any atom is 0.149 e. The smallest absolute Gasteiger partial charge is 0.149 e. The fourth-order valence-electron chi connectivity index (χ4n) is 1.48. The molecule has 0 aliphatic carbocycles. The van der Waals surface area contributed by atoms with Gasteiger partial charge in [0, 0.05) is 6.07 Å². The van der Waals surface area contributed by atoms with Crippen molar-refractivity contribution in [2.75, 3.05) is 12.4 Å². The molecule has 17 heavy (non-hydrogen) atoms. The van der Waals surface area contributed by atoms with E-state index in [0.29, 0.717) is 11.4 Å². The van der Waals surface area contributed by atoms with Crippen LogP contribution in [-0.2, 0) is 0 Å². The van der Waals surface area contributed by atoms with E-state index >= 15 is 0 Å². The number of halogens is 2. The summed E-state index contributed by atoms with van der Waals surface area (Å²) in [7, 11) is 1.53. The molecule has 2 nitrogen and oxygen atoms in total. The van der Waals surface area contributed by atoms with Crippen molar-refractivity contribution < 1.29 is 13.5 Å². The van der Waals surface area contributed by atoms with Crippen molar-refractivity contribution in [1.82, 2.24) is 0 Å². The van der Waals surface area contributed by atoms with E-state index in [0.717, 1.165) is 6.07 Å². The molecular formula is C13H11F2NO. The molecule has 0 bridgehead atoms. The maximum absolute atomic E-state index is 13.4. The van der Waals surface area contributed by atoms with Gasteiger partial charge in [0.1, 0.15) is 17.4 Å². The first-order valence-electron chi connectivity index (χ1n) is 5.06. The first kappa shape index (κ1) is 11.4. The maximum atomic E-state index is 13.4. The molecule has 2 aromatic carbocycles. The molecule has 0 unspecified atom stereocenters. The molecule has 0 heterocycles. The van der Waals surface area contributed by atoms with Crippen LogP contribution in [0.1, 0.15) is 0 Å². The molecule has 0 aliphatic rings. The summed E-state index contributed by atoms with van der Waals surface area (Å²) >= 11 is 0. The number of nitrogens with one attached hydrogen (secondary N) is 1. The van der Waals surface area contributed by atoms with Crippen LogP contribution in [0, 0.1) is 11.6 Å². The number of para-hydroxylation sites is 2. The SMILES string of the molecule is COc1ccccc1Nc1ccc(F)cc1F. The molecule has 2 aromatic rings. The zero-order chi connectivity index (χ0) is 12.3. The predicted molar refractivity (Wildman–Crippen MR) is 62.6 cm³/mol. The molecule has 0 fully saturated rings. The van der Waals surface area contributed by atoms with Crippen molar-refractivity contribution in [3.05, 3.63) is 54.1 Å². The van der Waals surface area contributed by atoms with Crippen LogP contribution in [0.15, 0.2) is 42.5 Å². The van der Waals surface area contributed by atoms with Gasteiger partial charge in [-0.1, -0.05) is 12.1 Å². The van der Waals surface area contributed by atoms with E-state index in [9.17, 15) is 8.78 Å². The largest absolute Gasteiger partial charge is 0.495 e. The minimum absolute atomic E-state index is 0.205. The normalized spacial score (nSPS) is 10.1. The molecule has 2 rings (SSSR count). The molecule has 0 amide bonds. The lowest BCUT2D eigenvalue weighted by molar-refractivity contribution is 0.417. The highest BCUT2D eigenvalue weighted by Gasteiger charge is 2.06. The zero-order valence-corrected chi connectivity index (χ0v) is 9.21. The van der Waals surface area contributed by atoms with E-state index in [1.807, 2.05) is 6.07 Å². The van der Waals surface area contributed by atoms with Crippen molar-refractivity contribution in [1.29, 1.82) is 0 Å². The van der Waals surface area contributed by atoms with Crippen LogP contribution in [0.4, 0.5) is 20.2 Å². The van der Waals surface area contributed by atoms with Gasteiger partial charge < -0.3 is 10.1 Å². The fraction of sp³-hybridized carbons (Fsp3) is 0.0769. The van der Waals surface area contributed by atoms with Crippen LogP contribution < -0.4 is 10.1 Å². The molecule has 4 heteroatoms. The van der Waals surface area contributed by atoms with Gasteiger partial charge in [-0.25, -0.2) is 8.78 Å². The molecule has 0 atom stereocenters. The fourth-order valence-corrected chi connectivity index (χ4v) is 1.48. The van der Waals surface area contributed by atoms with Gasteiger partial charge in [0.2, 0.25) is 0 Å². The van der Waals surface area contributed by atoms with Gasteiger partial charge in [0.05, 0.1) is 18.5 Å². The number of anilines is 2. The molecule has 0 aromatic heterocycles. The molecular weight excluding hydrogens is 224 g/mol. The second-order valence-corrected chi connectivity index (χ2v) is 3.45. The summed E-state index contributed by atoms with van der Waals surface area (Å²) in [5.74, 6) is -0.653. The standard InChI is InChI=1S/C13H11F2NO/c1-17-13-5-3-2-4-12(13)16-11-7-6-9(14)8-10(11)15/h2-8,16H,1H3. The average Bonchev–Trinajstić information content (AvgIpc) is 2.33. The van der Waals surface area contributed by atoms with E-state index in [-0.39, 0.29) is 5.69 Å². The minimum Gasteiger partial charge on any atom is -0.495 e. The van der Waals surface area contributed by atoms with Gasteiger partial charge in [-0.3, -0.25) is 0 Å².